The minimum atomic E-state index is -0.444. The molecule has 1 atom stereocenters. The molecule has 0 aromatic heterocycles. The van der Waals surface area contributed by atoms with Crippen molar-refractivity contribution in [2.24, 2.45) is 0 Å². The van der Waals surface area contributed by atoms with Gasteiger partial charge in [-0.15, -0.1) is 0 Å². The third-order valence-electron chi connectivity index (χ3n) is 3.48. The molecule has 1 aliphatic heterocycles. The van der Waals surface area contributed by atoms with Crippen LogP contribution in [0.4, 0.5) is 17.1 Å². The lowest BCUT2D eigenvalue weighted by atomic mass is 10.1. The Hall–Kier alpha value is -1.82. The summed E-state index contributed by atoms with van der Waals surface area (Å²) in [4.78, 5) is 12.6. The predicted molar refractivity (Wildman–Crippen MR) is 76.4 cm³/mol. The predicted octanol–water partition coefficient (Wildman–Crippen LogP) is 1.76. The highest BCUT2D eigenvalue weighted by Crippen LogP contribution is 2.29. The van der Waals surface area contributed by atoms with Gasteiger partial charge in [0.15, 0.2) is 0 Å². The summed E-state index contributed by atoms with van der Waals surface area (Å²) >= 11 is 0. The Kier molecular flexibility index (Phi) is 4.21. The van der Waals surface area contributed by atoms with E-state index >= 15 is 0 Å². The van der Waals surface area contributed by atoms with Gasteiger partial charge in [-0.1, -0.05) is 6.92 Å². The highest BCUT2D eigenvalue weighted by Gasteiger charge is 2.23. The van der Waals surface area contributed by atoms with E-state index in [9.17, 15) is 10.1 Å². The van der Waals surface area contributed by atoms with Crippen molar-refractivity contribution in [3.05, 3.63) is 28.3 Å². The van der Waals surface area contributed by atoms with E-state index in [1.807, 2.05) is 0 Å². The molecule has 1 fully saturated rings. The number of nitro groups is 1. The van der Waals surface area contributed by atoms with Crippen molar-refractivity contribution in [1.82, 2.24) is 5.32 Å². The smallest absolute Gasteiger partial charge is 0.292 e. The van der Waals surface area contributed by atoms with Crippen molar-refractivity contribution in [1.29, 1.82) is 0 Å². The molecule has 104 valence electrons. The number of nitrogen functional groups attached to an aromatic ring is 1. The Bertz CT molecular complexity index is 458. The summed E-state index contributed by atoms with van der Waals surface area (Å²) in [6.45, 7) is 5.04. The van der Waals surface area contributed by atoms with Crippen LogP contribution in [0.25, 0.3) is 0 Å². The molecule has 1 saturated heterocycles. The summed E-state index contributed by atoms with van der Waals surface area (Å²) in [5, 5.41) is 14.1. The maximum atomic E-state index is 10.8. The van der Waals surface area contributed by atoms with Gasteiger partial charge < -0.3 is 16.0 Å². The van der Waals surface area contributed by atoms with E-state index in [-0.39, 0.29) is 11.4 Å². The molecular formula is C13H20N4O2. The van der Waals surface area contributed by atoms with Crippen LogP contribution < -0.4 is 16.0 Å². The van der Waals surface area contributed by atoms with Gasteiger partial charge in [-0.3, -0.25) is 10.1 Å². The van der Waals surface area contributed by atoms with Crippen molar-refractivity contribution in [2.45, 2.75) is 25.8 Å². The number of hydrogen-bond acceptors (Lipinski definition) is 5. The highest BCUT2D eigenvalue weighted by atomic mass is 16.6. The molecule has 0 bridgehead atoms. The van der Waals surface area contributed by atoms with Gasteiger partial charge >= 0.3 is 0 Å². The number of nitrogens with two attached hydrogens (primary N) is 1. The van der Waals surface area contributed by atoms with E-state index in [4.69, 9.17) is 5.73 Å². The van der Waals surface area contributed by atoms with Gasteiger partial charge in [-0.05, 0) is 31.5 Å². The van der Waals surface area contributed by atoms with Gasteiger partial charge in [0.25, 0.3) is 5.69 Å². The van der Waals surface area contributed by atoms with Crippen LogP contribution in [0.2, 0.25) is 0 Å². The Morgan fingerprint density at radius 1 is 1.58 bits per heavy atom. The molecule has 0 spiro atoms. The van der Waals surface area contributed by atoms with E-state index in [1.54, 1.807) is 12.1 Å². The molecule has 1 unspecified atom stereocenters. The summed E-state index contributed by atoms with van der Waals surface area (Å²) in [5.41, 5.74) is 6.95. The van der Waals surface area contributed by atoms with Crippen LogP contribution in [-0.4, -0.2) is 30.6 Å². The lowest BCUT2D eigenvalue weighted by Gasteiger charge is -2.30. The number of rotatable bonds is 5. The van der Waals surface area contributed by atoms with Crippen LogP contribution in [0.15, 0.2) is 18.2 Å². The lowest BCUT2D eigenvalue weighted by Crippen LogP contribution is -2.37. The normalized spacial score (nSPS) is 18.5. The molecular weight excluding hydrogens is 244 g/mol. The van der Waals surface area contributed by atoms with Crippen LogP contribution in [0.1, 0.15) is 19.8 Å². The fourth-order valence-corrected chi connectivity index (χ4v) is 2.56. The first-order valence-electron chi connectivity index (χ1n) is 6.64. The molecule has 6 nitrogen and oxygen atoms in total. The summed E-state index contributed by atoms with van der Waals surface area (Å²) < 4.78 is 0. The quantitative estimate of drug-likeness (QED) is 0.481. The van der Waals surface area contributed by atoms with Crippen molar-refractivity contribution < 1.29 is 4.92 Å². The topological polar surface area (TPSA) is 84.4 Å². The van der Waals surface area contributed by atoms with Crippen LogP contribution in [0, 0.1) is 10.1 Å². The first-order chi connectivity index (χ1) is 9.13. The second-order valence-electron chi connectivity index (χ2n) is 4.84. The van der Waals surface area contributed by atoms with Crippen molar-refractivity contribution in [3.8, 4) is 0 Å². The molecule has 0 radical (unpaired) electrons. The molecule has 6 heteroatoms. The third kappa shape index (κ3) is 2.96. The Labute approximate surface area is 112 Å². The van der Waals surface area contributed by atoms with Crippen molar-refractivity contribution in [3.63, 3.8) is 0 Å². The number of nitrogens with zero attached hydrogens (tertiary/aromatic N) is 2. The van der Waals surface area contributed by atoms with Crippen LogP contribution in [0.5, 0.6) is 0 Å². The van der Waals surface area contributed by atoms with Crippen LogP contribution in [0.3, 0.4) is 0 Å². The van der Waals surface area contributed by atoms with E-state index in [0.29, 0.717) is 6.04 Å². The SMILES string of the molecule is CCCN(c1ccc([N+](=O)[O-])c(N)c1)C1CCNC1. The van der Waals surface area contributed by atoms with E-state index in [2.05, 4.69) is 17.1 Å². The molecule has 2 rings (SSSR count). The third-order valence-corrected chi connectivity index (χ3v) is 3.48. The van der Waals surface area contributed by atoms with Gasteiger partial charge in [-0.2, -0.15) is 0 Å². The molecule has 19 heavy (non-hydrogen) atoms. The Morgan fingerprint density at radius 2 is 2.37 bits per heavy atom. The average molecular weight is 264 g/mol. The Balaban J connectivity index is 2.26. The first kappa shape index (κ1) is 13.6. The van der Waals surface area contributed by atoms with Crippen LogP contribution >= 0.6 is 0 Å². The van der Waals surface area contributed by atoms with Gasteiger partial charge in [0.1, 0.15) is 5.69 Å². The zero-order chi connectivity index (χ0) is 13.8. The zero-order valence-electron chi connectivity index (χ0n) is 11.1. The van der Waals surface area contributed by atoms with Gasteiger partial charge in [0.2, 0.25) is 0 Å². The van der Waals surface area contributed by atoms with E-state index in [1.165, 1.54) is 6.07 Å². The zero-order valence-corrected chi connectivity index (χ0v) is 11.1. The van der Waals surface area contributed by atoms with Crippen molar-refractivity contribution in [2.75, 3.05) is 30.3 Å². The Morgan fingerprint density at radius 3 is 2.89 bits per heavy atom. The molecule has 3 N–H and O–H groups in total. The van der Waals surface area contributed by atoms with Gasteiger partial charge in [0, 0.05) is 30.9 Å². The largest absolute Gasteiger partial charge is 0.393 e. The molecule has 0 amide bonds. The van der Waals surface area contributed by atoms with Crippen LogP contribution in [-0.2, 0) is 0 Å². The number of benzene rings is 1. The standard InChI is InChI=1S/C13H20N4O2/c1-2-7-16(11-5-6-15-9-11)10-3-4-13(17(18)19)12(14)8-10/h3-4,8,11,15H,2,5-7,9,14H2,1H3. The van der Waals surface area contributed by atoms with Gasteiger partial charge in [-0.25, -0.2) is 0 Å². The minimum Gasteiger partial charge on any atom is -0.393 e. The van der Waals surface area contributed by atoms with E-state index < -0.39 is 4.92 Å². The maximum Gasteiger partial charge on any atom is 0.292 e. The monoisotopic (exact) mass is 264 g/mol. The first-order valence-corrected chi connectivity index (χ1v) is 6.64. The number of nitrogens with one attached hydrogen (secondary N) is 1. The number of nitro benzene ring substituents is 1. The average Bonchev–Trinajstić information content (AvgIpc) is 2.89. The molecule has 1 aromatic carbocycles. The molecule has 0 aliphatic carbocycles. The highest BCUT2D eigenvalue weighted by molar-refractivity contribution is 5.67. The molecule has 1 aliphatic rings. The molecule has 1 aromatic rings. The number of anilines is 2. The molecule has 0 saturated carbocycles. The second kappa shape index (κ2) is 5.88. The second-order valence-corrected chi connectivity index (χ2v) is 4.84. The molecule has 1 heterocycles. The van der Waals surface area contributed by atoms with Crippen molar-refractivity contribution >= 4 is 17.1 Å². The lowest BCUT2D eigenvalue weighted by molar-refractivity contribution is -0.383. The fraction of sp³-hybridized carbons (Fsp3) is 0.538. The van der Waals surface area contributed by atoms with E-state index in [0.717, 1.165) is 38.2 Å². The summed E-state index contributed by atoms with van der Waals surface area (Å²) in [5.74, 6) is 0. The summed E-state index contributed by atoms with van der Waals surface area (Å²) in [6.07, 6.45) is 2.13. The number of hydrogen-bond donors (Lipinski definition) is 2. The fourth-order valence-electron chi connectivity index (χ4n) is 2.56. The summed E-state index contributed by atoms with van der Waals surface area (Å²) in [6, 6.07) is 5.45. The minimum absolute atomic E-state index is 0.0234. The maximum absolute atomic E-state index is 10.8. The summed E-state index contributed by atoms with van der Waals surface area (Å²) in [7, 11) is 0. The van der Waals surface area contributed by atoms with Gasteiger partial charge in [0.05, 0.1) is 4.92 Å².